The lowest BCUT2D eigenvalue weighted by atomic mass is 9.83. The topological polar surface area (TPSA) is 72.5 Å². The van der Waals surface area contributed by atoms with Gasteiger partial charge in [0.1, 0.15) is 5.76 Å². The van der Waals surface area contributed by atoms with E-state index in [-0.39, 0.29) is 23.3 Å². The van der Waals surface area contributed by atoms with Crippen LogP contribution in [0.5, 0.6) is 0 Å². The minimum Gasteiger partial charge on any atom is -0.427 e. The molecule has 0 aliphatic carbocycles. The SMILES string of the molecule is Cc1cc(=O)oc(C)c1C(=O)N1C[C@H]2C[C@@H](C1)c1cccc(=O)n1C2. The number of amides is 1. The van der Waals surface area contributed by atoms with Crippen LogP contribution in [0, 0.1) is 19.8 Å². The Bertz CT molecular complexity index is 946. The third-order valence-electron chi connectivity index (χ3n) is 5.32. The number of piperidine rings is 1. The predicted octanol–water partition coefficient (Wildman–Crippen LogP) is 1.68. The van der Waals surface area contributed by atoms with Gasteiger partial charge in [-0.3, -0.25) is 9.59 Å². The van der Waals surface area contributed by atoms with Gasteiger partial charge in [0.15, 0.2) is 0 Å². The van der Waals surface area contributed by atoms with Crippen LogP contribution in [0.4, 0.5) is 0 Å². The van der Waals surface area contributed by atoms with Crippen LogP contribution in [0.15, 0.2) is 38.3 Å². The molecule has 130 valence electrons. The molecule has 25 heavy (non-hydrogen) atoms. The van der Waals surface area contributed by atoms with Crippen molar-refractivity contribution in [1.82, 2.24) is 9.47 Å². The third-order valence-corrected chi connectivity index (χ3v) is 5.32. The lowest BCUT2D eigenvalue weighted by Crippen LogP contribution is -2.49. The van der Waals surface area contributed by atoms with Crippen LogP contribution in [0.1, 0.15) is 39.7 Å². The molecule has 2 bridgehead atoms. The molecule has 0 saturated carbocycles. The number of nitrogens with zero attached hydrogens (tertiary/aromatic N) is 2. The molecule has 6 heteroatoms. The van der Waals surface area contributed by atoms with Crippen molar-refractivity contribution in [3.8, 4) is 0 Å². The van der Waals surface area contributed by atoms with Gasteiger partial charge < -0.3 is 13.9 Å². The summed E-state index contributed by atoms with van der Waals surface area (Å²) in [7, 11) is 0. The molecular weight excluding hydrogens is 320 g/mol. The Morgan fingerprint density at radius 3 is 2.72 bits per heavy atom. The van der Waals surface area contributed by atoms with Crippen LogP contribution in [0.3, 0.4) is 0 Å². The van der Waals surface area contributed by atoms with E-state index >= 15 is 0 Å². The van der Waals surface area contributed by atoms with Crippen LogP contribution in [0.2, 0.25) is 0 Å². The normalized spacial score (nSPS) is 21.8. The zero-order chi connectivity index (χ0) is 17.7. The molecule has 2 aliphatic rings. The number of rotatable bonds is 1. The second kappa shape index (κ2) is 5.72. The summed E-state index contributed by atoms with van der Waals surface area (Å²) in [6.07, 6.45) is 0.995. The van der Waals surface area contributed by atoms with Crippen LogP contribution >= 0.6 is 0 Å². The Kier molecular flexibility index (Phi) is 3.63. The number of likely N-dealkylation sites (tertiary alicyclic amines) is 1. The van der Waals surface area contributed by atoms with E-state index in [0.29, 0.717) is 36.5 Å². The number of pyridine rings is 1. The van der Waals surface area contributed by atoms with E-state index in [9.17, 15) is 14.4 Å². The molecule has 1 saturated heterocycles. The molecule has 4 rings (SSSR count). The highest BCUT2D eigenvalue weighted by Crippen LogP contribution is 2.35. The van der Waals surface area contributed by atoms with Gasteiger partial charge in [0, 0.05) is 43.4 Å². The number of fused-ring (bicyclic) bond motifs is 4. The molecule has 1 amide bonds. The molecular formula is C19H20N2O4. The molecule has 1 fully saturated rings. The Morgan fingerprint density at radius 2 is 1.96 bits per heavy atom. The zero-order valence-corrected chi connectivity index (χ0v) is 14.3. The Morgan fingerprint density at radius 1 is 1.16 bits per heavy atom. The van der Waals surface area contributed by atoms with Gasteiger partial charge >= 0.3 is 5.63 Å². The molecule has 0 spiro atoms. The smallest absolute Gasteiger partial charge is 0.336 e. The molecule has 2 aromatic heterocycles. The predicted molar refractivity (Wildman–Crippen MR) is 91.9 cm³/mol. The largest absolute Gasteiger partial charge is 0.427 e. The molecule has 0 aromatic carbocycles. The highest BCUT2D eigenvalue weighted by molar-refractivity contribution is 5.96. The summed E-state index contributed by atoms with van der Waals surface area (Å²) in [6.45, 7) is 5.26. The summed E-state index contributed by atoms with van der Waals surface area (Å²) >= 11 is 0. The lowest BCUT2D eigenvalue weighted by Gasteiger charge is -2.42. The first-order valence-electron chi connectivity index (χ1n) is 8.54. The van der Waals surface area contributed by atoms with Gasteiger partial charge in [0.05, 0.1) is 5.56 Å². The molecule has 0 radical (unpaired) electrons. The van der Waals surface area contributed by atoms with Gasteiger partial charge in [0.25, 0.3) is 11.5 Å². The Hall–Kier alpha value is -2.63. The first kappa shape index (κ1) is 15.9. The summed E-state index contributed by atoms with van der Waals surface area (Å²) in [5.74, 6) is 0.704. The van der Waals surface area contributed by atoms with Gasteiger partial charge in [-0.15, -0.1) is 0 Å². The first-order valence-corrected chi connectivity index (χ1v) is 8.54. The van der Waals surface area contributed by atoms with E-state index in [2.05, 4.69) is 0 Å². The van der Waals surface area contributed by atoms with Crippen molar-refractivity contribution >= 4 is 5.91 Å². The van der Waals surface area contributed by atoms with Gasteiger partial charge in [0.2, 0.25) is 0 Å². The molecule has 6 nitrogen and oxygen atoms in total. The van der Waals surface area contributed by atoms with Crippen molar-refractivity contribution in [1.29, 1.82) is 0 Å². The van der Waals surface area contributed by atoms with Crippen molar-refractivity contribution in [2.75, 3.05) is 13.1 Å². The van der Waals surface area contributed by atoms with Gasteiger partial charge in [-0.05, 0) is 37.8 Å². The maximum absolute atomic E-state index is 13.1. The fraction of sp³-hybridized carbons (Fsp3) is 0.421. The quantitative estimate of drug-likeness (QED) is 0.792. The van der Waals surface area contributed by atoms with E-state index in [1.807, 2.05) is 15.5 Å². The zero-order valence-electron chi connectivity index (χ0n) is 14.3. The van der Waals surface area contributed by atoms with Crippen LogP contribution in [-0.4, -0.2) is 28.5 Å². The molecule has 0 N–H and O–H groups in total. The number of aryl methyl sites for hydroxylation is 2. The second-order valence-corrected chi connectivity index (χ2v) is 7.09. The van der Waals surface area contributed by atoms with Gasteiger partial charge in [-0.25, -0.2) is 4.79 Å². The second-order valence-electron chi connectivity index (χ2n) is 7.09. The summed E-state index contributed by atoms with van der Waals surface area (Å²) in [6, 6.07) is 6.72. The highest BCUT2D eigenvalue weighted by Gasteiger charge is 2.37. The third kappa shape index (κ3) is 2.62. The number of hydrogen-bond donors (Lipinski definition) is 0. The van der Waals surface area contributed by atoms with Gasteiger partial charge in [-0.2, -0.15) is 0 Å². The van der Waals surface area contributed by atoms with Crippen molar-refractivity contribution in [2.24, 2.45) is 5.92 Å². The van der Waals surface area contributed by atoms with E-state index < -0.39 is 5.63 Å². The van der Waals surface area contributed by atoms with Crippen molar-refractivity contribution in [3.63, 3.8) is 0 Å². The molecule has 2 atom stereocenters. The van der Waals surface area contributed by atoms with E-state index in [1.54, 1.807) is 26.0 Å². The summed E-state index contributed by atoms with van der Waals surface area (Å²) in [5, 5.41) is 0. The minimum atomic E-state index is -0.435. The van der Waals surface area contributed by atoms with E-state index in [0.717, 1.165) is 12.1 Å². The number of carbonyl (C=O) groups excluding carboxylic acids is 1. The number of aromatic nitrogens is 1. The molecule has 4 heterocycles. The summed E-state index contributed by atoms with van der Waals surface area (Å²) in [4.78, 5) is 38.5. The van der Waals surface area contributed by atoms with Crippen LogP contribution < -0.4 is 11.2 Å². The maximum Gasteiger partial charge on any atom is 0.336 e. The summed E-state index contributed by atoms with van der Waals surface area (Å²) < 4.78 is 6.96. The molecule has 2 aromatic rings. The van der Waals surface area contributed by atoms with Crippen LogP contribution in [-0.2, 0) is 6.54 Å². The van der Waals surface area contributed by atoms with Crippen molar-refractivity contribution in [2.45, 2.75) is 32.7 Å². The highest BCUT2D eigenvalue weighted by atomic mass is 16.4. The Balaban J connectivity index is 1.68. The lowest BCUT2D eigenvalue weighted by molar-refractivity contribution is 0.0590. The monoisotopic (exact) mass is 340 g/mol. The van der Waals surface area contributed by atoms with Gasteiger partial charge in [-0.1, -0.05) is 6.07 Å². The average molecular weight is 340 g/mol. The maximum atomic E-state index is 13.1. The first-order chi connectivity index (χ1) is 11.9. The van der Waals surface area contributed by atoms with E-state index in [1.165, 1.54) is 6.07 Å². The van der Waals surface area contributed by atoms with Crippen LogP contribution in [0.25, 0.3) is 0 Å². The number of carbonyl (C=O) groups is 1. The fourth-order valence-corrected chi connectivity index (χ4v) is 4.30. The Labute approximate surface area is 144 Å². The number of hydrogen-bond acceptors (Lipinski definition) is 4. The molecule has 2 aliphatic heterocycles. The molecule has 0 unspecified atom stereocenters. The fourth-order valence-electron chi connectivity index (χ4n) is 4.30. The minimum absolute atomic E-state index is 0.0310. The standard InChI is InChI=1S/C19H20N2O4/c1-11-6-17(23)25-12(2)18(11)19(24)20-8-13-7-14(10-20)15-4-3-5-16(22)21(15)9-13/h3-6,13-14H,7-10H2,1-2H3/t13-,14+/m1/s1. The van der Waals surface area contributed by atoms with Crippen molar-refractivity contribution < 1.29 is 9.21 Å². The van der Waals surface area contributed by atoms with Crippen molar-refractivity contribution in [3.05, 3.63) is 67.6 Å². The average Bonchev–Trinajstić information content (AvgIpc) is 2.54. The summed E-state index contributed by atoms with van der Waals surface area (Å²) in [5.41, 5.74) is 1.73. The van der Waals surface area contributed by atoms with E-state index in [4.69, 9.17) is 4.42 Å².